The zero-order chi connectivity index (χ0) is 52.5. The maximum Gasteiger partial charge on any atom is 0.315 e. The van der Waals surface area contributed by atoms with Crippen molar-refractivity contribution in [1.29, 1.82) is 0 Å². The number of hydrogen-bond acceptors (Lipinski definition) is 11. The molecule has 11 heteroatoms. The third-order valence-corrected chi connectivity index (χ3v) is 14.4. The zero-order valence-corrected chi connectivity index (χ0v) is 48.0. The van der Waals surface area contributed by atoms with E-state index in [9.17, 15) is 9.59 Å². The molecule has 0 saturated carbocycles. The van der Waals surface area contributed by atoms with Gasteiger partial charge in [0.15, 0.2) is 0 Å². The first-order valence-electron chi connectivity index (χ1n) is 28.9. The molecule has 5 N–H and O–H groups in total. The number of methoxy groups -OCH3 is 2. The number of ether oxygens (including phenoxy) is 2. The standard InChI is InChI=1S/C25H50O4S.C20H40O2.C11H22O.C3H6O2S/c1-25(30-23-24(28)29-2,19-15-11-7-3-5-9-13-17-21-26)20-16-12-8-4-6-10-14-18-22-27;21-19-17-15-13-11-9-7-5-3-1-2-4-6-8-10-12-14-16-18-20-22;1-2-3-4-5-6-7-8-9-10-11-12;1-5-3(4)2-6/h26-27H,3-23H2,1-2H3;1-2,21-22H,3-20H2;2,12H,1,3-11H2;6H,2H2,1H3/b;2-1+;;. The Bertz CT molecular complexity index is 966. The molecule has 0 saturated heterocycles. The van der Waals surface area contributed by atoms with Crippen LogP contribution >= 0.6 is 24.4 Å². The quantitative estimate of drug-likeness (QED) is 0.0150. The molecular weight excluding hydrogens is 917 g/mol. The van der Waals surface area contributed by atoms with E-state index < -0.39 is 0 Å². The van der Waals surface area contributed by atoms with Crippen LogP contribution in [0.1, 0.15) is 277 Å². The summed E-state index contributed by atoms with van der Waals surface area (Å²) in [6.45, 7) is 7.75. The van der Waals surface area contributed by atoms with E-state index in [-0.39, 0.29) is 22.4 Å². The van der Waals surface area contributed by atoms with E-state index in [0.717, 1.165) is 51.4 Å². The van der Waals surface area contributed by atoms with Crippen molar-refractivity contribution in [2.24, 2.45) is 0 Å². The van der Waals surface area contributed by atoms with Crippen LogP contribution in [0, 0.1) is 0 Å². The first-order chi connectivity index (χ1) is 34.2. The van der Waals surface area contributed by atoms with Crippen LogP contribution in [0.2, 0.25) is 0 Å². The molecular formula is C59H118O9S2. The fourth-order valence-electron chi connectivity index (χ4n) is 8.00. The first kappa shape index (κ1) is 75.4. The van der Waals surface area contributed by atoms with E-state index in [1.54, 1.807) is 11.8 Å². The van der Waals surface area contributed by atoms with Gasteiger partial charge >= 0.3 is 11.9 Å². The van der Waals surface area contributed by atoms with Crippen molar-refractivity contribution in [2.45, 2.75) is 281 Å². The number of hydrogen-bond donors (Lipinski definition) is 6. The molecule has 0 heterocycles. The fraction of sp³-hybridized carbons (Fsp3) is 0.898. The Morgan fingerprint density at radius 1 is 0.414 bits per heavy atom. The highest BCUT2D eigenvalue weighted by Crippen LogP contribution is 2.36. The molecule has 70 heavy (non-hydrogen) atoms. The van der Waals surface area contributed by atoms with Crippen molar-refractivity contribution in [2.75, 3.05) is 58.8 Å². The summed E-state index contributed by atoms with van der Waals surface area (Å²) in [4.78, 5) is 21.5. The number of aliphatic hydroxyl groups is 5. The van der Waals surface area contributed by atoms with Gasteiger partial charge in [0.05, 0.1) is 25.7 Å². The highest BCUT2D eigenvalue weighted by Gasteiger charge is 2.25. The molecule has 0 aromatic carbocycles. The van der Waals surface area contributed by atoms with Crippen LogP contribution in [0.4, 0.5) is 0 Å². The number of aliphatic hydroxyl groups excluding tert-OH is 5. The lowest BCUT2D eigenvalue weighted by Gasteiger charge is -2.29. The van der Waals surface area contributed by atoms with Crippen LogP contribution in [0.25, 0.3) is 0 Å². The third-order valence-electron chi connectivity index (χ3n) is 12.6. The van der Waals surface area contributed by atoms with Gasteiger partial charge in [0.1, 0.15) is 0 Å². The van der Waals surface area contributed by atoms with Crippen molar-refractivity contribution >= 4 is 36.3 Å². The summed E-state index contributed by atoms with van der Waals surface area (Å²) in [6, 6.07) is 0. The Morgan fingerprint density at radius 2 is 0.657 bits per heavy atom. The van der Waals surface area contributed by atoms with Gasteiger partial charge in [0.2, 0.25) is 0 Å². The van der Waals surface area contributed by atoms with Crippen LogP contribution in [0.5, 0.6) is 0 Å². The molecule has 0 fully saturated rings. The molecule has 9 nitrogen and oxygen atoms in total. The van der Waals surface area contributed by atoms with Crippen LogP contribution < -0.4 is 0 Å². The molecule has 0 atom stereocenters. The lowest BCUT2D eigenvalue weighted by Crippen LogP contribution is -2.23. The van der Waals surface area contributed by atoms with Crippen LogP contribution in [0.15, 0.2) is 24.8 Å². The Morgan fingerprint density at radius 3 is 0.886 bits per heavy atom. The van der Waals surface area contributed by atoms with Crippen molar-refractivity contribution in [3.05, 3.63) is 24.8 Å². The molecule has 420 valence electrons. The predicted molar refractivity (Wildman–Crippen MR) is 307 cm³/mol. The van der Waals surface area contributed by atoms with E-state index >= 15 is 0 Å². The lowest BCUT2D eigenvalue weighted by molar-refractivity contribution is -0.138. The predicted octanol–water partition coefficient (Wildman–Crippen LogP) is 15.8. The molecule has 0 aliphatic heterocycles. The van der Waals surface area contributed by atoms with Gasteiger partial charge in [-0.2, -0.15) is 12.6 Å². The summed E-state index contributed by atoms with van der Waals surface area (Å²) in [5, 5.41) is 43.5. The first-order valence-corrected chi connectivity index (χ1v) is 30.5. The third kappa shape index (κ3) is 73.5. The smallest absolute Gasteiger partial charge is 0.315 e. The van der Waals surface area contributed by atoms with Gasteiger partial charge in [-0.05, 0) is 83.5 Å². The summed E-state index contributed by atoms with van der Waals surface area (Å²) >= 11 is 5.41. The van der Waals surface area contributed by atoms with Crippen LogP contribution in [-0.4, -0.2) is 101 Å². The summed E-state index contributed by atoms with van der Waals surface area (Å²) in [7, 11) is 2.81. The molecule has 0 aliphatic rings. The summed E-state index contributed by atoms with van der Waals surface area (Å²) in [5.74, 6) is 0.217. The Labute approximate surface area is 443 Å². The monoisotopic (exact) mass is 1030 g/mol. The molecule has 0 aromatic heterocycles. The maximum absolute atomic E-state index is 11.6. The Balaban J connectivity index is -0.000000472. The number of rotatable bonds is 51. The second-order valence-electron chi connectivity index (χ2n) is 19.4. The molecule has 0 bridgehead atoms. The highest BCUT2D eigenvalue weighted by molar-refractivity contribution is 8.01. The number of thiol groups is 1. The van der Waals surface area contributed by atoms with Gasteiger partial charge in [-0.1, -0.05) is 211 Å². The molecule has 0 aromatic rings. The van der Waals surface area contributed by atoms with Gasteiger partial charge in [-0.3, -0.25) is 9.59 Å². The Kier molecular flexibility index (Phi) is 75.4. The van der Waals surface area contributed by atoms with Crippen molar-refractivity contribution < 1.29 is 44.6 Å². The minimum absolute atomic E-state index is 0.114. The minimum atomic E-state index is -0.293. The van der Waals surface area contributed by atoms with E-state index in [1.807, 2.05) is 6.08 Å². The van der Waals surface area contributed by atoms with Gasteiger partial charge in [0.25, 0.3) is 0 Å². The molecule has 0 aliphatic carbocycles. The van der Waals surface area contributed by atoms with Gasteiger partial charge in [-0.15, -0.1) is 18.3 Å². The normalized spacial score (nSPS) is 11.0. The molecule has 0 spiro atoms. The number of thioether (sulfide) groups is 1. The molecule has 0 unspecified atom stereocenters. The van der Waals surface area contributed by atoms with Crippen LogP contribution in [-0.2, 0) is 19.1 Å². The largest absolute Gasteiger partial charge is 0.468 e. The molecule has 0 radical (unpaired) electrons. The van der Waals surface area contributed by atoms with E-state index in [4.69, 9.17) is 30.3 Å². The SMILES string of the molecule is C=CCCCCCCCCCO.COC(=O)CS.COC(=O)CSC(C)(CCCCCCCCCCO)CCCCCCCCCCO.OCCCCCCCCC/C=C/CCCCCCCCCO. The average Bonchev–Trinajstić information content (AvgIpc) is 3.37. The average molecular weight is 1040 g/mol. The summed E-state index contributed by atoms with van der Waals surface area (Å²) in [6.07, 6.45) is 58.7. The lowest BCUT2D eigenvalue weighted by atomic mass is 9.94. The number of carbonyl (C=O) groups excluding carboxylic acids is 2. The van der Waals surface area contributed by atoms with E-state index in [0.29, 0.717) is 38.8 Å². The zero-order valence-electron chi connectivity index (χ0n) is 46.3. The van der Waals surface area contributed by atoms with Crippen molar-refractivity contribution in [3.8, 4) is 0 Å². The fourth-order valence-corrected chi connectivity index (χ4v) is 9.30. The van der Waals surface area contributed by atoms with E-state index in [2.05, 4.69) is 43.0 Å². The van der Waals surface area contributed by atoms with Gasteiger partial charge in [0, 0.05) is 37.8 Å². The topological polar surface area (TPSA) is 154 Å². The minimum Gasteiger partial charge on any atom is -0.468 e. The molecule has 0 amide bonds. The second kappa shape index (κ2) is 70.0. The van der Waals surface area contributed by atoms with Crippen LogP contribution in [0.3, 0.4) is 0 Å². The van der Waals surface area contributed by atoms with Gasteiger partial charge in [-0.25, -0.2) is 0 Å². The van der Waals surface area contributed by atoms with Crippen molar-refractivity contribution in [3.63, 3.8) is 0 Å². The maximum atomic E-state index is 11.6. The summed E-state index contributed by atoms with van der Waals surface area (Å²) in [5.41, 5.74) is 0. The number of unbranched alkanes of at least 4 members (excludes halogenated alkanes) is 35. The molecule has 0 rings (SSSR count). The van der Waals surface area contributed by atoms with Crippen molar-refractivity contribution in [1.82, 2.24) is 0 Å². The number of carbonyl (C=O) groups is 2. The number of esters is 2. The van der Waals surface area contributed by atoms with Gasteiger partial charge < -0.3 is 35.0 Å². The number of allylic oxidation sites excluding steroid dienone is 3. The highest BCUT2D eigenvalue weighted by atomic mass is 32.2. The summed E-state index contributed by atoms with van der Waals surface area (Å²) < 4.78 is 9.21. The van der Waals surface area contributed by atoms with E-state index in [1.165, 1.54) is 233 Å². The second-order valence-corrected chi connectivity index (χ2v) is 21.3. The Hall–Kier alpha value is -1.08.